The maximum absolute atomic E-state index is 13.4. The molecule has 5 nitrogen and oxygen atoms in total. The van der Waals surface area contributed by atoms with E-state index in [0.29, 0.717) is 38.4 Å². The molecule has 1 aromatic rings. The zero-order chi connectivity index (χ0) is 14.2. The number of alkyl halides is 1. The van der Waals surface area contributed by atoms with Gasteiger partial charge in [0, 0.05) is 17.7 Å². The van der Waals surface area contributed by atoms with Crippen molar-refractivity contribution in [2.75, 3.05) is 13.2 Å². The van der Waals surface area contributed by atoms with Crippen molar-refractivity contribution in [1.82, 2.24) is 9.78 Å². The highest BCUT2D eigenvalue weighted by Gasteiger charge is 2.69. The molecule has 3 saturated carbocycles. The first-order valence-electron chi connectivity index (χ1n) is 7.09. The summed E-state index contributed by atoms with van der Waals surface area (Å²) in [5.74, 6) is 0.384. The van der Waals surface area contributed by atoms with Gasteiger partial charge in [-0.25, -0.2) is 9.18 Å². The Morgan fingerprint density at radius 2 is 2.25 bits per heavy atom. The Labute approximate surface area is 117 Å². The van der Waals surface area contributed by atoms with Crippen LogP contribution in [0.4, 0.5) is 9.18 Å². The lowest BCUT2D eigenvalue weighted by Crippen LogP contribution is -2.66. The van der Waals surface area contributed by atoms with Crippen LogP contribution in [0.3, 0.4) is 0 Å². The molecular weight excluding hydrogens is 263 g/mol. The molecule has 3 fully saturated rings. The molecule has 1 aromatic heterocycles. The predicted octanol–water partition coefficient (Wildman–Crippen LogP) is 2.94. The molecule has 0 spiro atoms. The van der Waals surface area contributed by atoms with Crippen LogP contribution in [0.5, 0.6) is 5.88 Å². The molecule has 0 amide bonds. The van der Waals surface area contributed by atoms with Crippen molar-refractivity contribution < 1.29 is 18.7 Å². The van der Waals surface area contributed by atoms with Crippen LogP contribution in [0.2, 0.25) is 0 Å². The first-order chi connectivity index (χ1) is 9.54. The minimum Gasteiger partial charge on any atom is -0.476 e. The molecule has 0 aromatic carbocycles. The van der Waals surface area contributed by atoms with Crippen LogP contribution >= 0.6 is 0 Å². The van der Waals surface area contributed by atoms with Gasteiger partial charge in [-0.2, -0.15) is 4.68 Å². The van der Waals surface area contributed by atoms with E-state index < -0.39 is 11.8 Å². The van der Waals surface area contributed by atoms with Gasteiger partial charge in [0.1, 0.15) is 5.67 Å². The average Bonchev–Trinajstić information content (AvgIpc) is 2.81. The molecule has 4 rings (SSSR count). The fourth-order valence-electron chi connectivity index (χ4n) is 3.10. The van der Waals surface area contributed by atoms with E-state index in [2.05, 4.69) is 5.10 Å². The maximum Gasteiger partial charge on any atom is 0.434 e. The largest absolute Gasteiger partial charge is 0.476 e. The number of carbonyl (C=O) groups excluding carboxylic acids is 1. The van der Waals surface area contributed by atoms with Gasteiger partial charge >= 0.3 is 6.09 Å². The van der Waals surface area contributed by atoms with E-state index in [1.165, 1.54) is 6.20 Å². The normalized spacial score (nSPS) is 30.3. The van der Waals surface area contributed by atoms with Gasteiger partial charge in [-0.3, -0.25) is 0 Å². The number of carbonyl (C=O) groups is 1. The third kappa shape index (κ3) is 2.39. The first kappa shape index (κ1) is 13.4. The quantitative estimate of drug-likeness (QED) is 0.753. The number of unbranched alkanes of at least 4 members (excludes halogenated alkanes) is 1. The van der Waals surface area contributed by atoms with Gasteiger partial charge in [0.05, 0.1) is 13.2 Å². The van der Waals surface area contributed by atoms with Gasteiger partial charge in [0.15, 0.2) is 0 Å². The zero-order valence-electron chi connectivity index (χ0n) is 11.6. The molecular formula is C14H19FN2O3. The molecule has 3 aliphatic carbocycles. The molecule has 0 unspecified atom stereocenters. The third-order valence-electron chi connectivity index (χ3n) is 4.08. The van der Waals surface area contributed by atoms with Crippen LogP contribution in [0, 0.1) is 5.41 Å². The molecule has 2 bridgehead atoms. The molecule has 20 heavy (non-hydrogen) atoms. The second-order valence-electron chi connectivity index (χ2n) is 6.04. The number of rotatable bonds is 6. The van der Waals surface area contributed by atoms with Gasteiger partial charge in [0.2, 0.25) is 5.88 Å². The minimum atomic E-state index is -0.911. The van der Waals surface area contributed by atoms with Crippen molar-refractivity contribution in [2.45, 2.75) is 44.7 Å². The first-order valence-corrected chi connectivity index (χ1v) is 7.09. The SMILES string of the molecule is CCCCOC(=O)n1ccc(OCC23CC(F)(C2)C3)n1. The Morgan fingerprint density at radius 3 is 2.90 bits per heavy atom. The highest BCUT2D eigenvalue weighted by atomic mass is 19.1. The molecule has 0 N–H and O–H groups in total. The van der Waals surface area contributed by atoms with E-state index in [9.17, 15) is 9.18 Å². The number of halogens is 1. The topological polar surface area (TPSA) is 53.4 Å². The molecule has 3 aliphatic rings. The fraction of sp³-hybridized carbons (Fsp3) is 0.714. The van der Waals surface area contributed by atoms with E-state index in [4.69, 9.17) is 9.47 Å². The molecule has 0 saturated heterocycles. The number of nitrogens with zero attached hydrogens (tertiary/aromatic N) is 2. The van der Waals surface area contributed by atoms with Gasteiger partial charge in [0.25, 0.3) is 0 Å². The van der Waals surface area contributed by atoms with Crippen molar-refractivity contribution in [3.63, 3.8) is 0 Å². The van der Waals surface area contributed by atoms with E-state index in [-0.39, 0.29) is 5.41 Å². The monoisotopic (exact) mass is 282 g/mol. The molecule has 0 atom stereocenters. The highest BCUT2D eigenvalue weighted by Crippen LogP contribution is 2.69. The summed E-state index contributed by atoms with van der Waals surface area (Å²) in [6.07, 6.45) is 4.62. The lowest BCUT2D eigenvalue weighted by atomic mass is 9.43. The van der Waals surface area contributed by atoms with Gasteiger partial charge in [-0.05, 0) is 25.7 Å². The molecule has 0 radical (unpaired) electrons. The second-order valence-corrected chi connectivity index (χ2v) is 6.04. The Morgan fingerprint density at radius 1 is 1.50 bits per heavy atom. The molecule has 110 valence electrons. The van der Waals surface area contributed by atoms with Crippen molar-refractivity contribution >= 4 is 6.09 Å². The second kappa shape index (κ2) is 4.75. The van der Waals surface area contributed by atoms with Crippen molar-refractivity contribution in [3.8, 4) is 5.88 Å². The van der Waals surface area contributed by atoms with Crippen LogP contribution in [-0.2, 0) is 4.74 Å². The number of hydrogen-bond acceptors (Lipinski definition) is 4. The number of hydrogen-bond donors (Lipinski definition) is 0. The van der Waals surface area contributed by atoms with Crippen molar-refractivity contribution in [3.05, 3.63) is 12.3 Å². The third-order valence-corrected chi connectivity index (χ3v) is 4.08. The summed E-state index contributed by atoms with van der Waals surface area (Å²) in [6, 6.07) is 1.62. The van der Waals surface area contributed by atoms with E-state index in [1.54, 1.807) is 6.07 Å². The van der Waals surface area contributed by atoms with Crippen LogP contribution in [-0.4, -0.2) is 34.8 Å². The smallest absolute Gasteiger partial charge is 0.434 e. The van der Waals surface area contributed by atoms with E-state index in [1.807, 2.05) is 6.92 Å². The summed E-state index contributed by atoms with van der Waals surface area (Å²) in [5.41, 5.74) is -0.897. The Balaban J connectivity index is 1.46. The Bertz CT molecular complexity index is 494. The standard InChI is InChI=1S/C14H19FN2O3/c1-2-3-6-19-12(18)17-5-4-11(16-17)20-10-13-7-14(15,8-13)9-13/h4-5H,2-3,6-10H2,1H3. The molecule has 1 heterocycles. The van der Waals surface area contributed by atoms with Gasteiger partial charge < -0.3 is 9.47 Å². The molecule has 0 aliphatic heterocycles. The van der Waals surface area contributed by atoms with Crippen LogP contribution in [0.1, 0.15) is 39.0 Å². The Kier molecular flexibility index (Phi) is 3.18. The molecule has 6 heteroatoms. The number of aromatic nitrogens is 2. The summed E-state index contributed by atoms with van der Waals surface area (Å²) >= 11 is 0. The van der Waals surface area contributed by atoms with Crippen molar-refractivity contribution in [2.24, 2.45) is 5.41 Å². The number of ether oxygens (including phenoxy) is 2. The maximum atomic E-state index is 13.4. The summed E-state index contributed by atoms with van der Waals surface area (Å²) in [6.45, 7) is 2.90. The summed E-state index contributed by atoms with van der Waals surface area (Å²) in [5, 5.41) is 4.01. The van der Waals surface area contributed by atoms with E-state index >= 15 is 0 Å². The van der Waals surface area contributed by atoms with Gasteiger partial charge in [-0.1, -0.05) is 13.3 Å². The van der Waals surface area contributed by atoms with Crippen LogP contribution < -0.4 is 4.74 Å². The van der Waals surface area contributed by atoms with E-state index in [0.717, 1.165) is 17.5 Å². The van der Waals surface area contributed by atoms with Crippen LogP contribution in [0.25, 0.3) is 0 Å². The van der Waals surface area contributed by atoms with Crippen LogP contribution in [0.15, 0.2) is 12.3 Å². The average molecular weight is 282 g/mol. The lowest BCUT2D eigenvalue weighted by molar-refractivity contribution is -0.226. The fourth-order valence-corrected chi connectivity index (χ4v) is 3.10. The minimum absolute atomic E-state index is 0.0141. The summed E-state index contributed by atoms with van der Waals surface area (Å²) < 4.78 is 25.1. The van der Waals surface area contributed by atoms with Crippen molar-refractivity contribution in [1.29, 1.82) is 0 Å². The highest BCUT2D eigenvalue weighted by molar-refractivity contribution is 5.69. The zero-order valence-corrected chi connectivity index (χ0v) is 11.6. The Hall–Kier alpha value is -1.59. The predicted molar refractivity (Wildman–Crippen MR) is 69.5 cm³/mol. The lowest BCUT2D eigenvalue weighted by Gasteiger charge is -2.65. The summed E-state index contributed by atoms with van der Waals surface area (Å²) in [7, 11) is 0. The summed E-state index contributed by atoms with van der Waals surface area (Å²) in [4.78, 5) is 11.6. The van der Waals surface area contributed by atoms with Gasteiger partial charge in [-0.15, -0.1) is 5.10 Å².